The summed E-state index contributed by atoms with van der Waals surface area (Å²) in [5.41, 5.74) is -1.67. The summed E-state index contributed by atoms with van der Waals surface area (Å²) >= 11 is 0. The van der Waals surface area contributed by atoms with Gasteiger partial charge >= 0.3 is 6.18 Å². The Labute approximate surface area is 104 Å². The van der Waals surface area contributed by atoms with E-state index in [4.69, 9.17) is 0 Å². The van der Waals surface area contributed by atoms with Crippen LogP contribution in [0.2, 0.25) is 0 Å². The third-order valence-corrected chi connectivity index (χ3v) is 2.55. The predicted octanol–water partition coefficient (Wildman–Crippen LogP) is 4.36. The lowest BCUT2D eigenvalue weighted by atomic mass is 10.0. The minimum atomic E-state index is -4.61. The second-order valence-corrected chi connectivity index (χ2v) is 3.85. The molecule has 0 fully saturated rings. The van der Waals surface area contributed by atoms with Crippen molar-refractivity contribution in [1.82, 2.24) is 0 Å². The lowest BCUT2D eigenvalue weighted by Crippen LogP contribution is -2.04. The van der Waals surface area contributed by atoms with Crippen molar-refractivity contribution in [1.29, 1.82) is 0 Å². The lowest BCUT2D eigenvalue weighted by Gasteiger charge is -2.11. The minimum Gasteiger partial charge on any atom is -0.507 e. The Hall–Kier alpha value is -2.11. The van der Waals surface area contributed by atoms with Crippen LogP contribution < -0.4 is 0 Å². The highest BCUT2D eigenvalue weighted by Gasteiger charge is 2.31. The number of benzene rings is 2. The van der Waals surface area contributed by atoms with Gasteiger partial charge in [-0.25, -0.2) is 8.78 Å². The highest BCUT2D eigenvalue weighted by molar-refractivity contribution is 5.71. The topological polar surface area (TPSA) is 20.2 Å². The number of phenols is 1. The molecule has 1 nitrogen and oxygen atoms in total. The van der Waals surface area contributed by atoms with Gasteiger partial charge in [0, 0.05) is 17.2 Å². The van der Waals surface area contributed by atoms with Gasteiger partial charge in [-0.2, -0.15) is 13.2 Å². The van der Waals surface area contributed by atoms with Crippen molar-refractivity contribution in [2.45, 2.75) is 6.18 Å². The Morgan fingerprint density at radius 2 is 1.53 bits per heavy atom. The molecule has 0 atom stereocenters. The molecule has 2 rings (SSSR count). The molecule has 0 spiro atoms. The highest BCUT2D eigenvalue weighted by Crippen LogP contribution is 2.37. The lowest BCUT2D eigenvalue weighted by molar-refractivity contribution is -0.137. The summed E-state index contributed by atoms with van der Waals surface area (Å²) in [6.07, 6.45) is -4.61. The smallest absolute Gasteiger partial charge is 0.416 e. The zero-order valence-electron chi connectivity index (χ0n) is 9.30. The summed E-state index contributed by atoms with van der Waals surface area (Å²) in [6.45, 7) is 0. The Morgan fingerprint density at radius 1 is 0.842 bits per heavy atom. The fourth-order valence-corrected chi connectivity index (χ4v) is 1.64. The summed E-state index contributed by atoms with van der Waals surface area (Å²) < 4.78 is 63.9. The molecule has 0 heterocycles. The molecule has 0 amide bonds. The van der Waals surface area contributed by atoms with Crippen LogP contribution in [0.4, 0.5) is 22.0 Å². The zero-order valence-corrected chi connectivity index (χ0v) is 9.30. The normalized spacial score (nSPS) is 11.6. The average Bonchev–Trinajstić information content (AvgIpc) is 2.29. The third kappa shape index (κ3) is 2.67. The number of aromatic hydroxyl groups is 1. The molecule has 0 aromatic heterocycles. The largest absolute Gasteiger partial charge is 0.507 e. The zero-order chi connectivity index (χ0) is 14.2. The van der Waals surface area contributed by atoms with Crippen LogP contribution in [0.3, 0.4) is 0 Å². The van der Waals surface area contributed by atoms with E-state index in [1.165, 1.54) is 0 Å². The molecule has 0 saturated heterocycles. The quantitative estimate of drug-likeness (QED) is 0.766. The summed E-state index contributed by atoms with van der Waals surface area (Å²) in [6, 6.07) is 4.53. The summed E-state index contributed by atoms with van der Waals surface area (Å²) in [7, 11) is 0. The van der Waals surface area contributed by atoms with E-state index in [2.05, 4.69) is 0 Å². The van der Waals surface area contributed by atoms with Crippen LogP contribution in [0, 0.1) is 11.6 Å². The van der Waals surface area contributed by atoms with Crippen LogP contribution in [0.1, 0.15) is 5.56 Å². The fraction of sp³-hybridized carbons (Fsp3) is 0.0769. The van der Waals surface area contributed by atoms with Gasteiger partial charge in [-0.3, -0.25) is 0 Å². The third-order valence-electron chi connectivity index (χ3n) is 2.55. The van der Waals surface area contributed by atoms with Crippen LogP contribution >= 0.6 is 0 Å². The first kappa shape index (κ1) is 13.3. The van der Waals surface area contributed by atoms with E-state index in [0.717, 1.165) is 18.2 Å². The molecular weight excluding hydrogens is 267 g/mol. The molecule has 0 bridgehead atoms. The Kier molecular flexibility index (Phi) is 3.18. The number of halogens is 5. The maximum Gasteiger partial charge on any atom is 0.416 e. The highest BCUT2D eigenvalue weighted by atomic mass is 19.4. The van der Waals surface area contributed by atoms with Crippen molar-refractivity contribution in [3.8, 4) is 16.9 Å². The molecule has 6 heteroatoms. The standard InChI is InChI=1S/C13H7F5O/c14-8-2-3-9(11(15)6-8)10-5-7(13(16,17)18)1-4-12(10)19/h1-6,19H. The number of hydrogen-bond donors (Lipinski definition) is 1. The molecule has 0 radical (unpaired) electrons. The fourth-order valence-electron chi connectivity index (χ4n) is 1.64. The van der Waals surface area contributed by atoms with Gasteiger partial charge in [-0.1, -0.05) is 0 Å². The second kappa shape index (κ2) is 4.53. The van der Waals surface area contributed by atoms with Crippen molar-refractivity contribution in [2.24, 2.45) is 0 Å². The molecule has 0 aliphatic heterocycles. The van der Waals surface area contributed by atoms with Crippen molar-refractivity contribution < 1.29 is 27.1 Å². The maximum absolute atomic E-state index is 13.5. The molecular formula is C13H7F5O. The van der Waals surface area contributed by atoms with Gasteiger partial charge in [0.25, 0.3) is 0 Å². The van der Waals surface area contributed by atoms with Gasteiger partial charge in [0.2, 0.25) is 0 Å². The second-order valence-electron chi connectivity index (χ2n) is 3.85. The van der Waals surface area contributed by atoms with Gasteiger partial charge in [0.05, 0.1) is 5.56 Å². The van der Waals surface area contributed by atoms with Crippen LogP contribution in [-0.4, -0.2) is 5.11 Å². The monoisotopic (exact) mass is 274 g/mol. The van der Waals surface area contributed by atoms with Gasteiger partial charge < -0.3 is 5.11 Å². The molecule has 19 heavy (non-hydrogen) atoms. The van der Waals surface area contributed by atoms with Gasteiger partial charge in [-0.05, 0) is 30.3 Å². The van der Waals surface area contributed by atoms with E-state index in [1.54, 1.807) is 0 Å². The molecule has 0 saturated carbocycles. The SMILES string of the molecule is Oc1ccc(C(F)(F)F)cc1-c1ccc(F)cc1F. The first-order valence-electron chi connectivity index (χ1n) is 5.14. The Balaban J connectivity index is 2.61. The number of rotatable bonds is 1. The number of phenolic OH excluding ortho intramolecular Hbond substituents is 1. The van der Waals surface area contributed by atoms with Gasteiger partial charge in [0.15, 0.2) is 0 Å². The van der Waals surface area contributed by atoms with Gasteiger partial charge in [0.1, 0.15) is 17.4 Å². The molecule has 2 aromatic carbocycles. The Bertz CT molecular complexity index is 619. The van der Waals surface area contributed by atoms with E-state index < -0.39 is 29.1 Å². The molecule has 0 aliphatic carbocycles. The molecule has 1 N–H and O–H groups in total. The number of alkyl halides is 3. The summed E-state index contributed by atoms with van der Waals surface area (Å²) in [5.74, 6) is -2.42. The summed E-state index contributed by atoms with van der Waals surface area (Å²) in [5, 5.41) is 9.52. The summed E-state index contributed by atoms with van der Waals surface area (Å²) in [4.78, 5) is 0. The van der Waals surface area contributed by atoms with Crippen LogP contribution in [0.15, 0.2) is 36.4 Å². The van der Waals surface area contributed by atoms with Gasteiger partial charge in [-0.15, -0.1) is 0 Å². The molecule has 2 aromatic rings. The number of hydrogen-bond acceptors (Lipinski definition) is 1. The van der Waals surface area contributed by atoms with Crippen LogP contribution in [0.5, 0.6) is 5.75 Å². The van der Waals surface area contributed by atoms with Crippen molar-refractivity contribution in [3.05, 3.63) is 53.6 Å². The maximum atomic E-state index is 13.5. The first-order valence-corrected chi connectivity index (χ1v) is 5.14. The predicted molar refractivity (Wildman–Crippen MR) is 58.5 cm³/mol. The van der Waals surface area contributed by atoms with Crippen LogP contribution in [-0.2, 0) is 6.18 Å². The Morgan fingerprint density at radius 3 is 2.11 bits per heavy atom. The van der Waals surface area contributed by atoms with E-state index >= 15 is 0 Å². The minimum absolute atomic E-state index is 0.301. The molecule has 100 valence electrons. The van der Waals surface area contributed by atoms with Crippen molar-refractivity contribution in [2.75, 3.05) is 0 Å². The van der Waals surface area contributed by atoms with Crippen LogP contribution in [0.25, 0.3) is 11.1 Å². The van der Waals surface area contributed by atoms with Crippen molar-refractivity contribution >= 4 is 0 Å². The van der Waals surface area contributed by atoms with E-state index in [1.807, 2.05) is 0 Å². The van der Waals surface area contributed by atoms with E-state index in [9.17, 15) is 27.1 Å². The van der Waals surface area contributed by atoms with E-state index in [0.29, 0.717) is 18.2 Å². The molecule has 0 aliphatic rings. The van der Waals surface area contributed by atoms with Crippen molar-refractivity contribution in [3.63, 3.8) is 0 Å². The first-order chi connectivity index (χ1) is 8.79. The van der Waals surface area contributed by atoms with E-state index in [-0.39, 0.29) is 11.1 Å². The average molecular weight is 274 g/mol. The molecule has 0 unspecified atom stereocenters.